The normalized spacial score (nSPS) is 22.5. The van der Waals surface area contributed by atoms with Crippen LogP contribution < -0.4 is 20.9 Å². The Bertz CT molecular complexity index is 1040. The van der Waals surface area contributed by atoms with Crippen molar-refractivity contribution in [1.29, 1.82) is 0 Å². The van der Waals surface area contributed by atoms with E-state index in [9.17, 15) is 0 Å². The Morgan fingerprint density at radius 3 is 1.67 bits per heavy atom. The predicted octanol–water partition coefficient (Wildman–Crippen LogP) is 6.94. The number of nitrogens with zero attached hydrogens (tertiary/aromatic N) is 5. The smallest absolute Gasteiger partial charge is 0.230 e. The first-order valence-electron chi connectivity index (χ1n) is 16.9. The third-order valence-corrected chi connectivity index (χ3v) is 8.98. The molecular formula is C35H68N8. The van der Waals surface area contributed by atoms with Gasteiger partial charge in [0, 0.05) is 46.3 Å². The maximum Gasteiger partial charge on any atom is 0.230 e. The molecule has 43 heavy (non-hydrogen) atoms. The molecule has 3 N–H and O–H groups in total. The van der Waals surface area contributed by atoms with Crippen LogP contribution in [0, 0.1) is 12.3 Å². The molecule has 2 aliphatic heterocycles. The molecule has 2 fully saturated rings. The van der Waals surface area contributed by atoms with E-state index in [2.05, 4.69) is 123 Å². The van der Waals surface area contributed by atoms with Gasteiger partial charge >= 0.3 is 0 Å². The molecule has 0 saturated carbocycles. The molecule has 2 saturated heterocycles. The number of aryl methyl sites for hydroxylation is 1. The highest BCUT2D eigenvalue weighted by molar-refractivity contribution is 5.40. The van der Waals surface area contributed by atoms with Gasteiger partial charge in [-0.05, 0) is 140 Å². The molecule has 0 amide bonds. The van der Waals surface area contributed by atoms with E-state index < -0.39 is 0 Å². The van der Waals surface area contributed by atoms with Gasteiger partial charge in [0.25, 0.3) is 0 Å². The minimum Gasteiger partial charge on any atom is -0.349 e. The van der Waals surface area contributed by atoms with Crippen LogP contribution in [-0.4, -0.2) is 79.8 Å². The standard InChI is InChI=1S/C35H68N8/c1-25-36-28(39-35(13,14)24-30(2,3)4)38-29(37-25)43(27-22-33(9,10)41-34(11,12)23-27)19-17-16-18-42(15)26-20-31(5,6)40-32(7,8)21-26/h26-27,40-41H,16-24H2,1-15H3,(H,36,37,38,39). The van der Waals surface area contributed by atoms with Crippen LogP contribution in [0.25, 0.3) is 0 Å². The van der Waals surface area contributed by atoms with E-state index in [-0.39, 0.29) is 33.1 Å². The molecule has 3 heterocycles. The predicted molar refractivity (Wildman–Crippen MR) is 184 cm³/mol. The molecule has 0 radical (unpaired) electrons. The van der Waals surface area contributed by atoms with Gasteiger partial charge in [0.1, 0.15) is 5.82 Å². The molecular weight excluding hydrogens is 532 g/mol. The fourth-order valence-electron chi connectivity index (χ4n) is 8.67. The fraction of sp³-hybridized carbons (Fsp3) is 0.914. The van der Waals surface area contributed by atoms with Gasteiger partial charge in [-0.1, -0.05) is 20.8 Å². The lowest BCUT2D eigenvalue weighted by Crippen LogP contribution is -2.62. The molecule has 0 atom stereocenters. The fourth-order valence-corrected chi connectivity index (χ4v) is 8.67. The minimum atomic E-state index is -0.130. The molecule has 8 heteroatoms. The van der Waals surface area contributed by atoms with Gasteiger partial charge in [0.15, 0.2) is 0 Å². The van der Waals surface area contributed by atoms with Crippen LogP contribution in [0.3, 0.4) is 0 Å². The summed E-state index contributed by atoms with van der Waals surface area (Å²) in [6, 6.07) is 0.955. The molecule has 1 aromatic rings. The maximum absolute atomic E-state index is 5.09. The Balaban J connectivity index is 1.79. The Labute approximate surface area is 265 Å². The van der Waals surface area contributed by atoms with E-state index in [0.29, 0.717) is 18.0 Å². The second kappa shape index (κ2) is 12.7. The van der Waals surface area contributed by atoms with Crippen LogP contribution in [0.4, 0.5) is 11.9 Å². The summed E-state index contributed by atoms with van der Waals surface area (Å²) in [6.45, 7) is 34.1. The zero-order valence-corrected chi connectivity index (χ0v) is 30.8. The Morgan fingerprint density at radius 2 is 1.19 bits per heavy atom. The van der Waals surface area contributed by atoms with Crippen LogP contribution >= 0.6 is 0 Å². The molecule has 0 spiro atoms. The second-order valence-corrected chi connectivity index (χ2v) is 18.5. The number of piperidine rings is 2. The number of aromatic nitrogens is 3. The first kappa shape index (κ1) is 36.0. The number of anilines is 2. The van der Waals surface area contributed by atoms with Crippen LogP contribution in [0.5, 0.6) is 0 Å². The highest BCUT2D eigenvalue weighted by atomic mass is 15.3. The Hall–Kier alpha value is -1.51. The summed E-state index contributed by atoms with van der Waals surface area (Å²) in [5, 5.41) is 11.4. The molecule has 248 valence electrons. The molecule has 0 aromatic carbocycles. The second-order valence-electron chi connectivity index (χ2n) is 18.5. The van der Waals surface area contributed by atoms with Crippen LogP contribution in [0.2, 0.25) is 0 Å². The topological polar surface area (TPSA) is 81.2 Å². The van der Waals surface area contributed by atoms with Crippen molar-refractivity contribution in [3.8, 4) is 0 Å². The van der Waals surface area contributed by atoms with Gasteiger partial charge in [-0.3, -0.25) is 0 Å². The summed E-state index contributed by atoms with van der Waals surface area (Å²) in [6.07, 6.45) is 7.75. The van der Waals surface area contributed by atoms with E-state index in [1.165, 1.54) is 12.8 Å². The van der Waals surface area contributed by atoms with Crippen molar-refractivity contribution in [1.82, 2.24) is 30.5 Å². The summed E-state index contributed by atoms with van der Waals surface area (Å²) in [5.41, 5.74) is 0.474. The van der Waals surface area contributed by atoms with E-state index in [1.54, 1.807) is 0 Å². The lowest BCUT2D eigenvalue weighted by molar-refractivity contribution is 0.0806. The van der Waals surface area contributed by atoms with Gasteiger partial charge in [-0.15, -0.1) is 0 Å². The number of hydrogen-bond acceptors (Lipinski definition) is 8. The molecule has 0 unspecified atom stereocenters. The summed E-state index contributed by atoms with van der Waals surface area (Å²) in [5.74, 6) is 2.27. The molecule has 0 aliphatic carbocycles. The number of unbranched alkanes of at least 4 members (excludes halogenated alkanes) is 1. The molecule has 2 aliphatic rings. The summed E-state index contributed by atoms with van der Waals surface area (Å²) < 4.78 is 0. The highest BCUT2D eigenvalue weighted by Crippen LogP contribution is 2.35. The van der Waals surface area contributed by atoms with Gasteiger partial charge in [-0.2, -0.15) is 15.0 Å². The van der Waals surface area contributed by atoms with Crippen molar-refractivity contribution in [3.63, 3.8) is 0 Å². The van der Waals surface area contributed by atoms with E-state index in [0.717, 1.165) is 57.0 Å². The zero-order chi connectivity index (χ0) is 32.6. The summed E-state index contributed by atoms with van der Waals surface area (Å²) in [4.78, 5) is 19.9. The number of hydrogen-bond donors (Lipinski definition) is 3. The number of nitrogens with one attached hydrogen (secondary N) is 3. The third kappa shape index (κ3) is 11.4. The van der Waals surface area contributed by atoms with E-state index >= 15 is 0 Å². The maximum atomic E-state index is 5.09. The molecule has 0 bridgehead atoms. The first-order chi connectivity index (χ1) is 19.4. The molecule has 1 aromatic heterocycles. The van der Waals surface area contributed by atoms with Gasteiger partial charge in [-0.25, -0.2) is 0 Å². The average Bonchev–Trinajstić information content (AvgIpc) is 2.71. The van der Waals surface area contributed by atoms with Crippen LogP contribution in [-0.2, 0) is 0 Å². The van der Waals surface area contributed by atoms with Gasteiger partial charge < -0.3 is 25.8 Å². The van der Waals surface area contributed by atoms with Crippen molar-refractivity contribution in [3.05, 3.63) is 5.82 Å². The van der Waals surface area contributed by atoms with Crippen LogP contribution in [0.15, 0.2) is 0 Å². The van der Waals surface area contributed by atoms with Gasteiger partial charge in [0.05, 0.1) is 0 Å². The largest absolute Gasteiger partial charge is 0.349 e. The van der Waals surface area contributed by atoms with Crippen molar-refractivity contribution >= 4 is 11.9 Å². The minimum absolute atomic E-state index is 0.0391. The Kier molecular flexibility index (Phi) is 10.6. The quantitative estimate of drug-likeness (QED) is 0.236. The Morgan fingerprint density at radius 1 is 0.721 bits per heavy atom. The van der Waals surface area contributed by atoms with Crippen molar-refractivity contribution in [2.45, 2.75) is 182 Å². The zero-order valence-electron chi connectivity index (χ0n) is 30.8. The highest BCUT2D eigenvalue weighted by Gasteiger charge is 2.41. The lowest BCUT2D eigenvalue weighted by Gasteiger charge is -2.50. The molecule has 8 nitrogen and oxygen atoms in total. The van der Waals surface area contributed by atoms with E-state index in [1.807, 2.05) is 6.92 Å². The SMILES string of the molecule is Cc1nc(NC(C)(C)CC(C)(C)C)nc(N(CCCCN(C)C2CC(C)(C)NC(C)(C)C2)C2CC(C)(C)NC(C)(C)C2)n1. The first-order valence-corrected chi connectivity index (χ1v) is 16.9. The van der Waals surface area contributed by atoms with Crippen molar-refractivity contribution in [2.24, 2.45) is 5.41 Å². The van der Waals surface area contributed by atoms with Crippen molar-refractivity contribution in [2.75, 3.05) is 30.4 Å². The lowest BCUT2D eigenvalue weighted by atomic mass is 9.79. The molecule has 3 rings (SSSR count). The van der Waals surface area contributed by atoms with Crippen LogP contribution in [0.1, 0.15) is 141 Å². The van der Waals surface area contributed by atoms with E-state index in [4.69, 9.17) is 15.0 Å². The van der Waals surface area contributed by atoms with Gasteiger partial charge in [0.2, 0.25) is 11.9 Å². The third-order valence-electron chi connectivity index (χ3n) is 8.98. The monoisotopic (exact) mass is 601 g/mol. The summed E-state index contributed by atoms with van der Waals surface area (Å²) >= 11 is 0. The number of rotatable bonds is 11. The van der Waals surface area contributed by atoms with Crippen molar-refractivity contribution < 1.29 is 0 Å². The summed E-state index contributed by atoms with van der Waals surface area (Å²) in [7, 11) is 2.32. The average molecular weight is 601 g/mol.